The number of ketones is 1. The van der Waals surface area contributed by atoms with E-state index in [0.717, 1.165) is 22.2 Å². The normalized spacial score (nSPS) is 11.9. The van der Waals surface area contributed by atoms with Crippen molar-refractivity contribution in [3.8, 4) is 5.75 Å². The number of pyridine rings is 1. The summed E-state index contributed by atoms with van der Waals surface area (Å²) in [7, 11) is 1.56. The number of fused-ring (bicyclic) bond motifs is 1. The van der Waals surface area contributed by atoms with Gasteiger partial charge in [0.25, 0.3) is 0 Å². The fourth-order valence-electron chi connectivity index (χ4n) is 2.96. The Morgan fingerprint density at radius 3 is 2.33 bits per heavy atom. The number of benzene rings is 2. The van der Waals surface area contributed by atoms with Gasteiger partial charge in [0.2, 0.25) is 5.78 Å². The number of para-hydroxylation sites is 1. The largest absolute Gasteiger partial charge is 0.497 e. The van der Waals surface area contributed by atoms with Crippen molar-refractivity contribution in [2.75, 3.05) is 7.11 Å². The summed E-state index contributed by atoms with van der Waals surface area (Å²) in [5.74, 6) is -0.132. The molecule has 0 saturated carbocycles. The molecule has 3 rings (SSSR count). The number of nitrogens with zero attached hydrogens (tertiary/aromatic N) is 1. The van der Waals surface area contributed by atoms with Crippen molar-refractivity contribution in [3.05, 3.63) is 70.9 Å². The Morgan fingerprint density at radius 1 is 1.00 bits per heavy atom. The van der Waals surface area contributed by atoms with Crippen LogP contribution in [0, 0.1) is 13.8 Å². The maximum absolute atomic E-state index is 12.9. The van der Waals surface area contributed by atoms with E-state index in [1.54, 1.807) is 38.3 Å². The highest BCUT2D eigenvalue weighted by Gasteiger charge is 2.24. The molecule has 0 bridgehead atoms. The zero-order valence-corrected chi connectivity index (χ0v) is 15.8. The number of Topliss-reactive ketones (excluding diaryl/α,β-unsaturated/α-hetero) is 1. The Bertz CT molecular complexity index is 1010. The van der Waals surface area contributed by atoms with Gasteiger partial charge in [0.15, 0.2) is 6.10 Å². The van der Waals surface area contributed by atoms with E-state index in [-0.39, 0.29) is 5.78 Å². The third-order valence-electron chi connectivity index (χ3n) is 4.61. The van der Waals surface area contributed by atoms with Gasteiger partial charge in [0.1, 0.15) is 5.75 Å². The lowest BCUT2D eigenvalue weighted by molar-refractivity contribution is 0.0320. The van der Waals surface area contributed by atoms with Crippen molar-refractivity contribution >= 4 is 22.7 Å². The molecule has 1 aromatic heterocycles. The number of rotatable bonds is 5. The molecule has 1 atom stereocenters. The van der Waals surface area contributed by atoms with Gasteiger partial charge < -0.3 is 9.47 Å². The summed E-state index contributed by atoms with van der Waals surface area (Å²) in [4.78, 5) is 30.0. The van der Waals surface area contributed by atoms with Crippen LogP contribution in [0.1, 0.15) is 38.9 Å². The number of carbonyl (C=O) groups is 2. The van der Waals surface area contributed by atoms with Crippen LogP contribution in [0.3, 0.4) is 0 Å². The van der Waals surface area contributed by atoms with Crippen molar-refractivity contribution in [1.29, 1.82) is 0 Å². The molecule has 0 aliphatic rings. The van der Waals surface area contributed by atoms with E-state index in [1.165, 1.54) is 0 Å². The fourth-order valence-corrected chi connectivity index (χ4v) is 2.96. The summed E-state index contributed by atoms with van der Waals surface area (Å²) >= 11 is 0. The summed E-state index contributed by atoms with van der Waals surface area (Å²) in [6.45, 7) is 5.27. The summed E-state index contributed by atoms with van der Waals surface area (Å²) in [6, 6.07) is 14.1. The van der Waals surface area contributed by atoms with Crippen LogP contribution >= 0.6 is 0 Å². The van der Waals surface area contributed by atoms with Gasteiger partial charge in [0.05, 0.1) is 18.2 Å². The molecule has 0 saturated heterocycles. The SMILES string of the molecule is COc1ccc(C(=O)[C@@H](C)OC(=O)c2c(C)c(C)nc3ccccc23)cc1. The number of esters is 1. The maximum Gasteiger partial charge on any atom is 0.339 e. The second-order valence-corrected chi connectivity index (χ2v) is 6.35. The van der Waals surface area contributed by atoms with E-state index in [2.05, 4.69) is 4.98 Å². The molecule has 0 N–H and O–H groups in total. The predicted molar refractivity (Wildman–Crippen MR) is 103 cm³/mol. The third-order valence-corrected chi connectivity index (χ3v) is 4.61. The van der Waals surface area contributed by atoms with Gasteiger partial charge in [-0.2, -0.15) is 0 Å². The number of carbonyl (C=O) groups excluding carboxylic acids is 2. The number of ether oxygens (including phenoxy) is 2. The minimum atomic E-state index is -0.905. The van der Waals surface area contributed by atoms with Crippen molar-refractivity contribution in [1.82, 2.24) is 4.98 Å². The van der Waals surface area contributed by atoms with Crippen molar-refractivity contribution in [3.63, 3.8) is 0 Å². The molecule has 0 fully saturated rings. The molecule has 0 unspecified atom stereocenters. The van der Waals surface area contributed by atoms with Crippen LogP contribution in [0.2, 0.25) is 0 Å². The Kier molecular flexibility index (Phi) is 5.21. The smallest absolute Gasteiger partial charge is 0.339 e. The lowest BCUT2D eigenvalue weighted by Gasteiger charge is -2.16. The summed E-state index contributed by atoms with van der Waals surface area (Å²) < 4.78 is 10.6. The summed E-state index contributed by atoms with van der Waals surface area (Å²) in [6.07, 6.45) is -0.905. The molecular formula is C22H21NO4. The van der Waals surface area contributed by atoms with Crippen molar-refractivity contribution < 1.29 is 19.1 Å². The molecule has 2 aromatic carbocycles. The average molecular weight is 363 g/mol. The molecule has 138 valence electrons. The lowest BCUT2D eigenvalue weighted by Crippen LogP contribution is -2.25. The number of aromatic nitrogens is 1. The fraction of sp³-hybridized carbons (Fsp3) is 0.227. The molecular weight excluding hydrogens is 342 g/mol. The second-order valence-electron chi connectivity index (χ2n) is 6.35. The first-order valence-electron chi connectivity index (χ1n) is 8.67. The molecule has 3 aromatic rings. The molecule has 0 aliphatic carbocycles. The molecule has 1 heterocycles. The maximum atomic E-state index is 12.9. The second kappa shape index (κ2) is 7.58. The third kappa shape index (κ3) is 3.67. The molecule has 5 nitrogen and oxygen atoms in total. The standard InChI is InChI=1S/C22H21NO4/c1-13-14(2)23-19-8-6-5-7-18(19)20(13)22(25)27-15(3)21(24)16-9-11-17(26-4)12-10-16/h5-12,15H,1-4H3/t15-/m1/s1. The van der Waals surface area contributed by atoms with Crippen LogP contribution < -0.4 is 4.74 Å². The van der Waals surface area contributed by atoms with Crippen LogP contribution in [-0.4, -0.2) is 30.0 Å². The van der Waals surface area contributed by atoms with Crippen molar-refractivity contribution in [2.45, 2.75) is 26.9 Å². The summed E-state index contributed by atoms with van der Waals surface area (Å²) in [5, 5.41) is 0.717. The zero-order valence-electron chi connectivity index (χ0n) is 15.8. The minimum Gasteiger partial charge on any atom is -0.497 e. The molecule has 5 heteroatoms. The monoisotopic (exact) mass is 363 g/mol. The highest BCUT2D eigenvalue weighted by Crippen LogP contribution is 2.24. The first kappa shape index (κ1) is 18.6. The van der Waals surface area contributed by atoms with Gasteiger partial charge in [-0.15, -0.1) is 0 Å². The highest BCUT2D eigenvalue weighted by molar-refractivity contribution is 6.07. The lowest BCUT2D eigenvalue weighted by atomic mass is 10.0. The van der Waals surface area contributed by atoms with E-state index in [0.29, 0.717) is 16.9 Å². The minimum absolute atomic E-state index is 0.265. The van der Waals surface area contributed by atoms with Crippen molar-refractivity contribution in [2.24, 2.45) is 0 Å². The van der Waals surface area contributed by atoms with E-state index in [1.807, 2.05) is 38.1 Å². The van der Waals surface area contributed by atoms with Gasteiger partial charge in [-0.05, 0) is 56.7 Å². The van der Waals surface area contributed by atoms with Crippen LogP contribution in [-0.2, 0) is 4.74 Å². The van der Waals surface area contributed by atoms with Gasteiger partial charge >= 0.3 is 5.97 Å². The van der Waals surface area contributed by atoms with Gasteiger partial charge in [0, 0.05) is 16.6 Å². The Morgan fingerprint density at radius 2 is 1.67 bits per heavy atom. The van der Waals surface area contributed by atoms with Crippen LogP contribution in [0.5, 0.6) is 5.75 Å². The number of methoxy groups -OCH3 is 1. The molecule has 0 spiro atoms. The van der Waals surface area contributed by atoms with E-state index in [4.69, 9.17) is 9.47 Å². The van der Waals surface area contributed by atoms with E-state index in [9.17, 15) is 9.59 Å². The number of hydrogen-bond acceptors (Lipinski definition) is 5. The molecule has 0 radical (unpaired) electrons. The molecule has 27 heavy (non-hydrogen) atoms. The zero-order chi connectivity index (χ0) is 19.6. The topological polar surface area (TPSA) is 65.5 Å². The van der Waals surface area contributed by atoms with E-state index < -0.39 is 12.1 Å². The van der Waals surface area contributed by atoms with E-state index >= 15 is 0 Å². The predicted octanol–water partition coefficient (Wildman–Crippen LogP) is 4.29. The number of aryl methyl sites for hydroxylation is 1. The Labute approximate surface area is 157 Å². The van der Waals surface area contributed by atoms with Gasteiger partial charge in [-0.3, -0.25) is 9.78 Å². The number of hydrogen-bond donors (Lipinski definition) is 0. The Hall–Kier alpha value is -3.21. The van der Waals surface area contributed by atoms with Crippen LogP contribution in [0.25, 0.3) is 10.9 Å². The average Bonchev–Trinajstić information content (AvgIpc) is 2.68. The summed E-state index contributed by atoms with van der Waals surface area (Å²) in [5.41, 5.74) is 3.15. The molecule has 0 amide bonds. The Balaban J connectivity index is 1.87. The van der Waals surface area contributed by atoms with Crippen LogP contribution in [0.4, 0.5) is 0 Å². The van der Waals surface area contributed by atoms with Gasteiger partial charge in [-0.1, -0.05) is 18.2 Å². The first-order chi connectivity index (χ1) is 12.9. The quantitative estimate of drug-likeness (QED) is 0.500. The molecule has 0 aliphatic heterocycles. The highest BCUT2D eigenvalue weighted by atomic mass is 16.5. The first-order valence-corrected chi connectivity index (χ1v) is 8.67. The van der Waals surface area contributed by atoms with Gasteiger partial charge in [-0.25, -0.2) is 4.79 Å². The van der Waals surface area contributed by atoms with Crippen LogP contribution in [0.15, 0.2) is 48.5 Å².